The number of pyridine rings is 1. The molecule has 1 fully saturated rings. The smallest absolute Gasteiger partial charge is 0.262 e. The minimum atomic E-state index is -3.65. The van der Waals surface area contributed by atoms with Crippen molar-refractivity contribution in [3.8, 4) is 0 Å². The molecule has 1 amide bonds. The molecular formula is C19H21N5O3S. The Morgan fingerprint density at radius 3 is 2.54 bits per heavy atom. The summed E-state index contributed by atoms with van der Waals surface area (Å²) in [5.41, 5.74) is 1.41. The zero-order chi connectivity index (χ0) is 19.9. The number of aromatic nitrogens is 3. The lowest BCUT2D eigenvalue weighted by Gasteiger charge is -2.33. The van der Waals surface area contributed by atoms with Crippen molar-refractivity contribution in [3.05, 3.63) is 54.1 Å². The molecule has 2 aromatic heterocycles. The van der Waals surface area contributed by atoms with Crippen molar-refractivity contribution in [3.63, 3.8) is 0 Å². The lowest BCUT2D eigenvalue weighted by atomic mass is 10.1. The van der Waals surface area contributed by atoms with Crippen LogP contribution in [0.5, 0.6) is 0 Å². The SMILES string of the molecule is Cc1nc(S(=O)(=O)N2CCN(C(=O)c3ccc4ncccc4c3)CC2)cn1C. The largest absolute Gasteiger partial charge is 0.337 e. The molecule has 1 saturated heterocycles. The maximum Gasteiger partial charge on any atom is 0.262 e. The monoisotopic (exact) mass is 399 g/mol. The van der Waals surface area contributed by atoms with E-state index < -0.39 is 10.0 Å². The number of rotatable bonds is 3. The molecule has 8 nitrogen and oxygen atoms in total. The van der Waals surface area contributed by atoms with Crippen LogP contribution in [0.4, 0.5) is 0 Å². The highest BCUT2D eigenvalue weighted by Gasteiger charge is 2.32. The molecule has 1 aliphatic rings. The fraction of sp³-hybridized carbons (Fsp3) is 0.316. The number of hydrogen-bond donors (Lipinski definition) is 0. The summed E-state index contributed by atoms with van der Waals surface area (Å²) in [6.45, 7) is 2.94. The summed E-state index contributed by atoms with van der Waals surface area (Å²) in [6.07, 6.45) is 3.23. The van der Waals surface area contributed by atoms with E-state index in [0.717, 1.165) is 10.9 Å². The number of sulfonamides is 1. The molecule has 0 aliphatic carbocycles. The second-order valence-electron chi connectivity index (χ2n) is 6.84. The number of carbonyl (C=O) groups excluding carboxylic acids is 1. The summed E-state index contributed by atoms with van der Waals surface area (Å²) < 4.78 is 28.6. The molecule has 0 atom stereocenters. The van der Waals surface area contributed by atoms with Gasteiger partial charge in [0.25, 0.3) is 15.9 Å². The molecule has 0 spiro atoms. The van der Waals surface area contributed by atoms with Crippen molar-refractivity contribution >= 4 is 26.8 Å². The van der Waals surface area contributed by atoms with Gasteiger partial charge in [-0.05, 0) is 31.2 Å². The molecular weight excluding hydrogens is 378 g/mol. The van der Waals surface area contributed by atoms with E-state index in [1.54, 1.807) is 35.7 Å². The average Bonchev–Trinajstić information content (AvgIpc) is 3.06. The van der Waals surface area contributed by atoms with E-state index >= 15 is 0 Å². The molecule has 1 aliphatic heterocycles. The van der Waals surface area contributed by atoms with E-state index in [9.17, 15) is 13.2 Å². The molecule has 146 valence electrons. The van der Waals surface area contributed by atoms with Crippen molar-refractivity contribution < 1.29 is 13.2 Å². The van der Waals surface area contributed by atoms with Gasteiger partial charge in [-0.3, -0.25) is 9.78 Å². The molecule has 0 unspecified atom stereocenters. The highest BCUT2D eigenvalue weighted by atomic mass is 32.2. The van der Waals surface area contributed by atoms with E-state index in [4.69, 9.17) is 0 Å². The van der Waals surface area contributed by atoms with Gasteiger partial charge < -0.3 is 9.47 Å². The topological polar surface area (TPSA) is 88.4 Å². The Hall–Kier alpha value is -2.78. The van der Waals surface area contributed by atoms with Crippen LogP contribution in [0, 0.1) is 6.92 Å². The van der Waals surface area contributed by atoms with Gasteiger partial charge in [-0.1, -0.05) is 6.07 Å². The van der Waals surface area contributed by atoms with Crippen LogP contribution in [0.2, 0.25) is 0 Å². The highest BCUT2D eigenvalue weighted by molar-refractivity contribution is 7.89. The minimum absolute atomic E-state index is 0.0503. The third-order valence-electron chi connectivity index (χ3n) is 5.07. The lowest BCUT2D eigenvalue weighted by molar-refractivity contribution is 0.0698. The number of aryl methyl sites for hydroxylation is 2. The fourth-order valence-corrected chi connectivity index (χ4v) is 4.75. The fourth-order valence-electron chi connectivity index (χ4n) is 3.31. The van der Waals surface area contributed by atoms with Gasteiger partial charge in [0.1, 0.15) is 5.82 Å². The minimum Gasteiger partial charge on any atom is -0.337 e. The van der Waals surface area contributed by atoms with Crippen molar-refractivity contribution in [2.24, 2.45) is 7.05 Å². The molecule has 1 aromatic carbocycles. The molecule has 3 aromatic rings. The van der Waals surface area contributed by atoms with Crippen molar-refractivity contribution in [2.45, 2.75) is 11.9 Å². The van der Waals surface area contributed by atoms with E-state index in [2.05, 4.69) is 9.97 Å². The molecule has 28 heavy (non-hydrogen) atoms. The van der Waals surface area contributed by atoms with Crippen molar-refractivity contribution in [1.82, 2.24) is 23.7 Å². The van der Waals surface area contributed by atoms with E-state index in [-0.39, 0.29) is 24.0 Å². The van der Waals surface area contributed by atoms with Crippen molar-refractivity contribution in [2.75, 3.05) is 26.2 Å². The Bertz CT molecular complexity index is 1130. The Kier molecular flexibility index (Phi) is 4.64. The first-order valence-corrected chi connectivity index (χ1v) is 10.4. The van der Waals surface area contributed by atoms with Crippen LogP contribution in [0.1, 0.15) is 16.2 Å². The van der Waals surface area contributed by atoms with Gasteiger partial charge in [0.15, 0.2) is 5.03 Å². The van der Waals surface area contributed by atoms with Crippen LogP contribution in [0.25, 0.3) is 10.9 Å². The van der Waals surface area contributed by atoms with Crippen LogP contribution < -0.4 is 0 Å². The highest BCUT2D eigenvalue weighted by Crippen LogP contribution is 2.19. The van der Waals surface area contributed by atoms with E-state index in [1.807, 2.05) is 24.3 Å². The van der Waals surface area contributed by atoms with Crippen LogP contribution >= 0.6 is 0 Å². The summed E-state index contributed by atoms with van der Waals surface area (Å²) in [5.74, 6) is 0.537. The Labute approximate surface area is 163 Å². The van der Waals surface area contributed by atoms with Crippen LogP contribution in [0.15, 0.2) is 47.8 Å². The molecule has 0 bridgehead atoms. The number of amides is 1. The second-order valence-corrected chi connectivity index (χ2v) is 8.73. The number of benzene rings is 1. The third kappa shape index (κ3) is 3.27. The normalized spacial score (nSPS) is 15.9. The van der Waals surface area contributed by atoms with Crippen LogP contribution in [-0.4, -0.2) is 64.2 Å². The second kappa shape index (κ2) is 6.99. The van der Waals surface area contributed by atoms with Gasteiger partial charge in [0.2, 0.25) is 0 Å². The van der Waals surface area contributed by atoms with Gasteiger partial charge in [0, 0.05) is 56.6 Å². The summed E-state index contributed by atoms with van der Waals surface area (Å²) in [6, 6.07) is 9.16. The lowest BCUT2D eigenvalue weighted by Crippen LogP contribution is -2.50. The van der Waals surface area contributed by atoms with Crippen LogP contribution in [-0.2, 0) is 17.1 Å². The standard InChI is InChI=1S/C19H21N5O3S/c1-14-21-18(13-22(14)2)28(26,27)24-10-8-23(9-11-24)19(25)16-5-6-17-15(12-16)4-3-7-20-17/h3-7,12-13H,8-11H2,1-2H3. The van der Waals surface area contributed by atoms with Gasteiger partial charge >= 0.3 is 0 Å². The number of fused-ring (bicyclic) bond motifs is 1. The number of carbonyl (C=O) groups is 1. The molecule has 0 N–H and O–H groups in total. The summed E-state index contributed by atoms with van der Waals surface area (Å²) in [4.78, 5) is 22.9. The number of piperazine rings is 1. The number of imidazole rings is 1. The predicted octanol–water partition coefficient (Wildman–Crippen LogP) is 1.42. The van der Waals surface area contributed by atoms with Crippen LogP contribution in [0.3, 0.4) is 0 Å². The molecule has 0 saturated carbocycles. The Morgan fingerprint density at radius 2 is 1.86 bits per heavy atom. The zero-order valence-corrected chi connectivity index (χ0v) is 16.6. The summed E-state index contributed by atoms with van der Waals surface area (Å²) >= 11 is 0. The Morgan fingerprint density at radius 1 is 1.11 bits per heavy atom. The number of nitrogens with zero attached hydrogens (tertiary/aromatic N) is 5. The van der Waals surface area contributed by atoms with Gasteiger partial charge in [-0.25, -0.2) is 13.4 Å². The van der Waals surface area contributed by atoms with E-state index in [0.29, 0.717) is 24.5 Å². The van der Waals surface area contributed by atoms with Gasteiger partial charge in [-0.2, -0.15) is 4.31 Å². The zero-order valence-electron chi connectivity index (χ0n) is 15.7. The summed E-state index contributed by atoms with van der Waals surface area (Å²) in [7, 11) is -1.89. The quantitative estimate of drug-likeness (QED) is 0.665. The molecule has 0 radical (unpaired) electrons. The summed E-state index contributed by atoms with van der Waals surface area (Å²) in [5, 5.41) is 0.953. The third-order valence-corrected chi connectivity index (χ3v) is 6.84. The molecule has 9 heteroatoms. The van der Waals surface area contributed by atoms with E-state index in [1.165, 1.54) is 10.5 Å². The average molecular weight is 399 g/mol. The predicted molar refractivity (Wildman–Crippen MR) is 104 cm³/mol. The first-order chi connectivity index (χ1) is 13.4. The first kappa shape index (κ1) is 18.6. The van der Waals surface area contributed by atoms with Gasteiger partial charge in [-0.15, -0.1) is 0 Å². The molecule has 3 heterocycles. The maximum absolute atomic E-state index is 12.8. The number of hydrogen-bond acceptors (Lipinski definition) is 5. The maximum atomic E-state index is 12.8. The van der Waals surface area contributed by atoms with Gasteiger partial charge in [0.05, 0.1) is 5.52 Å². The van der Waals surface area contributed by atoms with Crippen molar-refractivity contribution in [1.29, 1.82) is 0 Å². The Balaban J connectivity index is 1.47. The first-order valence-electron chi connectivity index (χ1n) is 9.00. The molecule has 4 rings (SSSR count).